The van der Waals surface area contributed by atoms with E-state index in [1.165, 1.54) is 25.3 Å². The largest absolute Gasteiger partial charge is 0.497 e. The molecule has 1 saturated heterocycles. The SMILES string of the molecule is COc1ccc([C@]2(C)NC(=O)N(NC(=S)Nc3ccccc3F)C2=O)cc1. The van der Waals surface area contributed by atoms with Crippen LogP contribution in [-0.4, -0.2) is 29.2 Å². The Hall–Kier alpha value is -3.20. The zero-order chi connectivity index (χ0) is 19.6. The van der Waals surface area contributed by atoms with Crippen molar-refractivity contribution in [3.63, 3.8) is 0 Å². The number of imide groups is 1. The summed E-state index contributed by atoms with van der Waals surface area (Å²) in [5.74, 6) is -0.429. The molecule has 2 aromatic carbocycles. The highest BCUT2D eigenvalue weighted by Crippen LogP contribution is 2.29. The molecular formula is C18H17FN4O3S. The van der Waals surface area contributed by atoms with Crippen LogP contribution in [0.4, 0.5) is 14.9 Å². The number of urea groups is 1. The third-order valence-electron chi connectivity index (χ3n) is 4.19. The number of amides is 3. The van der Waals surface area contributed by atoms with Crippen LogP contribution in [0.15, 0.2) is 48.5 Å². The van der Waals surface area contributed by atoms with Gasteiger partial charge in [-0.25, -0.2) is 9.18 Å². The molecule has 0 bridgehead atoms. The number of para-hydroxylation sites is 1. The van der Waals surface area contributed by atoms with Gasteiger partial charge in [-0.05, 0) is 49.0 Å². The number of ether oxygens (including phenoxy) is 1. The molecule has 0 aliphatic carbocycles. The molecule has 7 nitrogen and oxygen atoms in total. The Morgan fingerprint density at radius 2 is 1.85 bits per heavy atom. The molecule has 9 heteroatoms. The van der Waals surface area contributed by atoms with E-state index in [1.54, 1.807) is 37.3 Å². The average molecular weight is 388 g/mol. The normalized spacial score (nSPS) is 18.9. The molecular weight excluding hydrogens is 371 g/mol. The van der Waals surface area contributed by atoms with Gasteiger partial charge in [-0.15, -0.1) is 0 Å². The Labute approximate surface area is 160 Å². The van der Waals surface area contributed by atoms with E-state index < -0.39 is 23.3 Å². The Balaban J connectivity index is 1.75. The van der Waals surface area contributed by atoms with Gasteiger partial charge in [-0.2, -0.15) is 5.01 Å². The summed E-state index contributed by atoms with van der Waals surface area (Å²) in [6, 6.07) is 12.0. The molecule has 1 aliphatic rings. The predicted molar refractivity (Wildman–Crippen MR) is 101 cm³/mol. The maximum Gasteiger partial charge on any atom is 0.344 e. The van der Waals surface area contributed by atoms with E-state index in [-0.39, 0.29) is 10.8 Å². The number of hydrazine groups is 1. The number of carbonyl (C=O) groups excluding carboxylic acids is 2. The average Bonchev–Trinajstić information content (AvgIpc) is 2.88. The quantitative estimate of drug-likeness (QED) is 0.552. The van der Waals surface area contributed by atoms with Crippen molar-refractivity contribution in [2.24, 2.45) is 0 Å². The lowest BCUT2D eigenvalue weighted by atomic mass is 9.92. The van der Waals surface area contributed by atoms with Crippen LogP contribution in [0.2, 0.25) is 0 Å². The fourth-order valence-corrected chi connectivity index (χ4v) is 2.88. The molecule has 3 amide bonds. The van der Waals surface area contributed by atoms with Crippen LogP contribution in [0.25, 0.3) is 0 Å². The summed E-state index contributed by atoms with van der Waals surface area (Å²) in [6.45, 7) is 1.59. The molecule has 0 unspecified atom stereocenters. The van der Waals surface area contributed by atoms with Crippen LogP contribution < -0.4 is 20.8 Å². The molecule has 2 aromatic rings. The number of rotatable bonds is 4. The summed E-state index contributed by atoms with van der Waals surface area (Å²) in [7, 11) is 1.54. The predicted octanol–water partition coefficient (Wildman–Crippen LogP) is 2.50. The van der Waals surface area contributed by atoms with Crippen LogP contribution >= 0.6 is 12.2 Å². The van der Waals surface area contributed by atoms with Crippen molar-refractivity contribution in [1.29, 1.82) is 0 Å². The minimum Gasteiger partial charge on any atom is -0.497 e. The van der Waals surface area contributed by atoms with Crippen LogP contribution in [0, 0.1) is 5.82 Å². The Morgan fingerprint density at radius 3 is 2.48 bits per heavy atom. The van der Waals surface area contributed by atoms with Gasteiger partial charge in [0.05, 0.1) is 12.8 Å². The molecule has 1 aliphatic heterocycles. The number of anilines is 1. The Bertz CT molecular complexity index is 906. The van der Waals surface area contributed by atoms with Crippen LogP contribution in [0.3, 0.4) is 0 Å². The summed E-state index contributed by atoms with van der Waals surface area (Å²) in [6.07, 6.45) is 0. The van der Waals surface area contributed by atoms with Crippen molar-refractivity contribution < 1.29 is 18.7 Å². The van der Waals surface area contributed by atoms with Gasteiger partial charge in [-0.3, -0.25) is 10.2 Å². The molecule has 0 radical (unpaired) electrons. The van der Waals surface area contributed by atoms with Crippen LogP contribution in [0.1, 0.15) is 12.5 Å². The molecule has 3 rings (SSSR count). The monoisotopic (exact) mass is 388 g/mol. The second-order valence-corrected chi connectivity index (χ2v) is 6.38. The summed E-state index contributed by atoms with van der Waals surface area (Å²) < 4.78 is 18.8. The van der Waals surface area contributed by atoms with E-state index in [2.05, 4.69) is 16.1 Å². The highest BCUT2D eigenvalue weighted by molar-refractivity contribution is 7.80. The molecule has 0 saturated carbocycles. The van der Waals surface area contributed by atoms with Gasteiger partial charge in [-0.1, -0.05) is 24.3 Å². The van der Waals surface area contributed by atoms with E-state index >= 15 is 0 Å². The molecule has 1 heterocycles. The van der Waals surface area contributed by atoms with Gasteiger partial charge >= 0.3 is 6.03 Å². The van der Waals surface area contributed by atoms with Crippen molar-refractivity contribution in [2.45, 2.75) is 12.5 Å². The Kier molecular flexibility index (Phi) is 4.95. The van der Waals surface area contributed by atoms with E-state index in [1.807, 2.05) is 0 Å². The minimum atomic E-state index is -1.27. The van der Waals surface area contributed by atoms with Crippen molar-refractivity contribution in [1.82, 2.24) is 15.8 Å². The van der Waals surface area contributed by atoms with Crippen molar-refractivity contribution >= 4 is 35.0 Å². The molecule has 3 N–H and O–H groups in total. The van der Waals surface area contributed by atoms with Gasteiger partial charge in [0.15, 0.2) is 5.11 Å². The second-order valence-electron chi connectivity index (χ2n) is 5.97. The first-order chi connectivity index (χ1) is 12.8. The van der Waals surface area contributed by atoms with Crippen LogP contribution in [-0.2, 0) is 10.3 Å². The molecule has 0 spiro atoms. The lowest BCUT2D eigenvalue weighted by Crippen LogP contribution is -2.49. The van der Waals surface area contributed by atoms with Crippen molar-refractivity contribution in [2.75, 3.05) is 12.4 Å². The minimum absolute atomic E-state index is 0.0948. The van der Waals surface area contributed by atoms with Gasteiger partial charge in [0, 0.05) is 0 Å². The topological polar surface area (TPSA) is 82.7 Å². The third-order valence-corrected chi connectivity index (χ3v) is 4.39. The van der Waals surface area contributed by atoms with Gasteiger partial charge in [0.1, 0.15) is 17.1 Å². The highest BCUT2D eigenvalue weighted by atomic mass is 32.1. The number of halogens is 1. The number of thiocarbonyl (C=S) groups is 1. The van der Waals surface area contributed by atoms with Crippen molar-refractivity contribution in [3.8, 4) is 5.75 Å². The lowest BCUT2D eigenvalue weighted by Gasteiger charge is -2.23. The molecule has 27 heavy (non-hydrogen) atoms. The number of benzene rings is 2. The Morgan fingerprint density at radius 1 is 1.19 bits per heavy atom. The van der Waals surface area contributed by atoms with Crippen molar-refractivity contribution in [3.05, 3.63) is 59.9 Å². The van der Waals surface area contributed by atoms with E-state index in [0.29, 0.717) is 11.3 Å². The second kappa shape index (κ2) is 7.20. The summed E-state index contributed by atoms with van der Waals surface area (Å²) in [4.78, 5) is 25.1. The third kappa shape index (κ3) is 3.54. The fraction of sp³-hybridized carbons (Fsp3) is 0.167. The fourth-order valence-electron chi connectivity index (χ4n) is 2.67. The number of nitrogens with one attached hydrogen (secondary N) is 3. The first-order valence-electron chi connectivity index (χ1n) is 7.98. The maximum atomic E-state index is 13.7. The summed E-state index contributed by atoms with van der Waals surface area (Å²) >= 11 is 5.08. The first-order valence-corrected chi connectivity index (χ1v) is 8.39. The number of methoxy groups -OCH3 is 1. The standard InChI is InChI=1S/C18H17FN4O3S/c1-18(11-7-9-12(26-2)10-8-11)15(24)23(17(25)21-18)22-16(27)20-14-6-4-3-5-13(14)19/h3-10H,1-2H3,(H,21,25)(H2,20,22,27)/t18-/m0/s1. The molecule has 1 fully saturated rings. The number of hydrogen-bond acceptors (Lipinski definition) is 4. The summed E-state index contributed by atoms with van der Waals surface area (Å²) in [5.41, 5.74) is 1.94. The van der Waals surface area contributed by atoms with Gasteiger partial charge in [0.2, 0.25) is 0 Å². The van der Waals surface area contributed by atoms with Gasteiger partial charge in [0.25, 0.3) is 5.91 Å². The lowest BCUT2D eigenvalue weighted by molar-refractivity contribution is -0.132. The number of hydrogen-bond donors (Lipinski definition) is 3. The van der Waals surface area contributed by atoms with E-state index in [0.717, 1.165) is 5.01 Å². The molecule has 0 aromatic heterocycles. The number of nitrogens with zero attached hydrogens (tertiary/aromatic N) is 1. The maximum absolute atomic E-state index is 13.7. The van der Waals surface area contributed by atoms with Gasteiger partial charge < -0.3 is 15.4 Å². The van der Waals surface area contributed by atoms with Crippen LogP contribution in [0.5, 0.6) is 5.75 Å². The zero-order valence-electron chi connectivity index (χ0n) is 14.6. The highest BCUT2D eigenvalue weighted by Gasteiger charge is 2.49. The van der Waals surface area contributed by atoms with E-state index in [4.69, 9.17) is 17.0 Å². The zero-order valence-corrected chi connectivity index (χ0v) is 15.4. The summed E-state index contributed by atoms with van der Waals surface area (Å²) in [5, 5.41) is 5.92. The molecule has 140 valence electrons. The number of carbonyl (C=O) groups is 2. The molecule has 1 atom stereocenters. The first kappa shape index (κ1) is 18.6. The van der Waals surface area contributed by atoms with E-state index in [9.17, 15) is 14.0 Å². The smallest absolute Gasteiger partial charge is 0.344 e.